The standard InChI is InChI=1S/C52H36N4/c1-3-17-37-33(13-1)15-11-22-42(37)51-43-21-5-8-23-45(43)53-52(54-51)56-48-25-10-6-19-39(48)41-29-27-36(32-50(41)56)35-28-30-49-44(31-35)40-20-7-9-24-47(40)55(49)46-26-12-16-34-14-2-4-18-38(34)46/h1-30,32,35,45H,31H2,(H,53,54). The lowest BCUT2D eigenvalue weighted by Crippen LogP contribution is -2.42. The van der Waals surface area contributed by atoms with Gasteiger partial charge in [-0.2, -0.15) is 0 Å². The number of aliphatic imine (C=N–C) groups is 1. The van der Waals surface area contributed by atoms with Gasteiger partial charge >= 0.3 is 0 Å². The van der Waals surface area contributed by atoms with Gasteiger partial charge in [0.15, 0.2) is 0 Å². The van der Waals surface area contributed by atoms with Crippen LogP contribution >= 0.6 is 0 Å². The molecule has 3 heterocycles. The third-order valence-corrected chi connectivity index (χ3v) is 12.1. The number of rotatable bonds is 3. The Bertz CT molecular complexity index is 3260. The van der Waals surface area contributed by atoms with Crippen LogP contribution in [0.5, 0.6) is 0 Å². The van der Waals surface area contributed by atoms with Crippen molar-refractivity contribution in [3.63, 3.8) is 0 Å². The Morgan fingerprint density at radius 1 is 0.536 bits per heavy atom. The molecule has 2 unspecified atom stereocenters. The maximum Gasteiger partial charge on any atom is 0.209 e. The molecule has 2 aromatic heterocycles. The zero-order valence-electron chi connectivity index (χ0n) is 30.6. The number of fused-ring (bicyclic) bond motifs is 9. The highest BCUT2D eigenvalue weighted by molar-refractivity contribution is 6.15. The first kappa shape index (κ1) is 31.2. The van der Waals surface area contributed by atoms with E-state index in [1.165, 1.54) is 71.3 Å². The monoisotopic (exact) mass is 716 g/mol. The van der Waals surface area contributed by atoms with Gasteiger partial charge in [0.2, 0.25) is 5.96 Å². The highest BCUT2D eigenvalue weighted by Gasteiger charge is 2.29. The third kappa shape index (κ3) is 4.63. The van der Waals surface area contributed by atoms with E-state index in [0.29, 0.717) is 0 Å². The Morgan fingerprint density at radius 3 is 2.07 bits per heavy atom. The Labute approximate surface area is 324 Å². The van der Waals surface area contributed by atoms with Crippen LogP contribution in [0.25, 0.3) is 71.7 Å². The summed E-state index contributed by atoms with van der Waals surface area (Å²) in [7, 11) is 0. The summed E-state index contributed by atoms with van der Waals surface area (Å²) in [5, 5.41) is 12.6. The van der Waals surface area contributed by atoms with Gasteiger partial charge in [0, 0.05) is 44.3 Å². The van der Waals surface area contributed by atoms with Crippen molar-refractivity contribution < 1.29 is 0 Å². The Balaban J connectivity index is 1.02. The summed E-state index contributed by atoms with van der Waals surface area (Å²) in [6.45, 7) is 0. The Hall–Kier alpha value is -7.17. The molecule has 7 aromatic carbocycles. The molecule has 4 nitrogen and oxygen atoms in total. The summed E-state index contributed by atoms with van der Waals surface area (Å²) in [6.07, 6.45) is 14.4. The molecule has 0 saturated heterocycles. The van der Waals surface area contributed by atoms with Gasteiger partial charge < -0.3 is 9.88 Å². The van der Waals surface area contributed by atoms with E-state index in [9.17, 15) is 0 Å². The van der Waals surface area contributed by atoms with Crippen LogP contribution in [0.3, 0.4) is 0 Å². The van der Waals surface area contributed by atoms with Crippen molar-refractivity contribution in [3.8, 4) is 5.69 Å². The van der Waals surface area contributed by atoms with E-state index in [2.05, 4.69) is 203 Å². The molecule has 0 amide bonds. The van der Waals surface area contributed by atoms with Crippen molar-refractivity contribution >= 4 is 72.0 Å². The van der Waals surface area contributed by atoms with Crippen LogP contribution in [0.1, 0.15) is 28.3 Å². The predicted molar refractivity (Wildman–Crippen MR) is 235 cm³/mol. The lowest BCUT2D eigenvalue weighted by atomic mass is 9.86. The van der Waals surface area contributed by atoms with E-state index >= 15 is 0 Å². The fraction of sp³-hybridized carbons (Fsp3) is 0.0577. The lowest BCUT2D eigenvalue weighted by molar-refractivity contribution is 0.804. The third-order valence-electron chi connectivity index (χ3n) is 12.1. The number of hydrogen-bond acceptors (Lipinski definition) is 2. The average Bonchev–Trinajstić information content (AvgIpc) is 3.77. The topological polar surface area (TPSA) is 34.2 Å². The van der Waals surface area contributed by atoms with Gasteiger partial charge in [0.1, 0.15) is 0 Å². The average molecular weight is 717 g/mol. The van der Waals surface area contributed by atoms with Crippen LogP contribution < -0.4 is 5.32 Å². The molecular formula is C52H36N4. The van der Waals surface area contributed by atoms with Crippen molar-refractivity contribution in [2.24, 2.45) is 4.99 Å². The van der Waals surface area contributed by atoms with Crippen LogP contribution in [0.2, 0.25) is 0 Å². The van der Waals surface area contributed by atoms with Gasteiger partial charge in [-0.3, -0.25) is 4.57 Å². The maximum absolute atomic E-state index is 5.53. The molecule has 56 heavy (non-hydrogen) atoms. The van der Waals surface area contributed by atoms with Gasteiger partial charge in [0.05, 0.1) is 34.0 Å². The fourth-order valence-corrected chi connectivity index (χ4v) is 9.55. The van der Waals surface area contributed by atoms with Crippen LogP contribution in [-0.2, 0) is 6.42 Å². The van der Waals surface area contributed by atoms with Crippen LogP contribution in [0.4, 0.5) is 0 Å². The van der Waals surface area contributed by atoms with Crippen LogP contribution in [0, 0.1) is 0 Å². The molecular weight excluding hydrogens is 681 g/mol. The minimum absolute atomic E-state index is 0.000357. The molecule has 2 atom stereocenters. The number of nitrogens with zero attached hydrogens (tertiary/aromatic N) is 3. The molecule has 4 heteroatoms. The molecule has 264 valence electrons. The summed E-state index contributed by atoms with van der Waals surface area (Å²) in [5.41, 5.74) is 12.1. The minimum Gasteiger partial charge on any atom is -0.345 e. The van der Waals surface area contributed by atoms with E-state index in [1.807, 2.05) is 0 Å². The van der Waals surface area contributed by atoms with Gasteiger partial charge in [-0.25, -0.2) is 4.99 Å². The summed E-state index contributed by atoms with van der Waals surface area (Å²) in [5.74, 6) is 1.06. The highest BCUT2D eigenvalue weighted by atomic mass is 15.2. The molecule has 0 bridgehead atoms. The molecule has 0 radical (unpaired) electrons. The number of hydrogen-bond donors (Lipinski definition) is 1. The second kappa shape index (κ2) is 12.2. The first-order valence-electron chi connectivity index (χ1n) is 19.5. The van der Waals surface area contributed by atoms with Crippen molar-refractivity contribution in [1.82, 2.24) is 14.5 Å². The number of para-hydroxylation sites is 2. The molecule has 0 spiro atoms. The summed E-state index contributed by atoms with van der Waals surface area (Å²) >= 11 is 0. The maximum atomic E-state index is 5.53. The second-order valence-corrected chi connectivity index (χ2v) is 15.1. The molecule has 0 fully saturated rings. The quantitative estimate of drug-likeness (QED) is 0.194. The smallest absolute Gasteiger partial charge is 0.209 e. The normalized spacial score (nSPS) is 17.5. The molecule has 2 aliphatic carbocycles. The number of nitrogens with one attached hydrogen (secondary N) is 1. The van der Waals surface area contributed by atoms with Gasteiger partial charge in [-0.15, -0.1) is 0 Å². The summed E-state index contributed by atoms with van der Waals surface area (Å²) in [4.78, 5) is 5.53. The Morgan fingerprint density at radius 2 is 1.21 bits per heavy atom. The van der Waals surface area contributed by atoms with Gasteiger partial charge in [-0.05, 0) is 64.0 Å². The van der Waals surface area contributed by atoms with E-state index in [0.717, 1.165) is 34.7 Å². The van der Waals surface area contributed by atoms with E-state index in [-0.39, 0.29) is 12.0 Å². The first-order valence-corrected chi connectivity index (χ1v) is 19.5. The summed E-state index contributed by atoms with van der Waals surface area (Å²) < 4.78 is 4.82. The fourth-order valence-electron chi connectivity index (χ4n) is 9.55. The van der Waals surface area contributed by atoms with Gasteiger partial charge in [0.25, 0.3) is 0 Å². The molecule has 3 aliphatic rings. The van der Waals surface area contributed by atoms with E-state index in [4.69, 9.17) is 4.99 Å². The first-order chi connectivity index (χ1) is 27.8. The Kier molecular flexibility index (Phi) is 6.78. The van der Waals surface area contributed by atoms with Crippen molar-refractivity contribution in [1.29, 1.82) is 0 Å². The van der Waals surface area contributed by atoms with Crippen LogP contribution in [0.15, 0.2) is 193 Å². The predicted octanol–water partition coefficient (Wildman–Crippen LogP) is 12.1. The number of aromatic nitrogens is 2. The molecule has 1 aliphatic heterocycles. The zero-order chi connectivity index (χ0) is 36.7. The highest BCUT2D eigenvalue weighted by Crippen LogP contribution is 2.42. The van der Waals surface area contributed by atoms with Gasteiger partial charge in [-0.1, -0.05) is 158 Å². The lowest BCUT2D eigenvalue weighted by Gasteiger charge is -2.29. The van der Waals surface area contributed by atoms with Crippen molar-refractivity contribution in [2.45, 2.75) is 18.4 Å². The van der Waals surface area contributed by atoms with Crippen LogP contribution in [-0.4, -0.2) is 21.1 Å². The molecule has 9 aromatic rings. The second-order valence-electron chi connectivity index (χ2n) is 15.1. The minimum atomic E-state index is -0.000357. The number of benzene rings is 7. The van der Waals surface area contributed by atoms with E-state index < -0.39 is 0 Å². The molecule has 12 rings (SSSR count). The largest absolute Gasteiger partial charge is 0.345 e. The molecule has 0 saturated carbocycles. The van der Waals surface area contributed by atoms with E-state index in [1.54, 1.807) is 0 Å². The zero-order valence-corrected chi connectivity index (χ0v) is 30.6. The number of allylic oxidation sites excluding steroid dienone is 3. The molecule has 1 N–H and O–H groups in total. The van der Waals surface area contributed by atoms with Crippen molar-refractivity contribution in [3.05, 3.63) is 210 Å². The van der Waals surface area contributed by atoms with Crippen molar-refractivity contribution in [2.75, 3.05) is 0 Å². The SMILES string of the molecule is C1=CC2=C(c3cccc4ccccc34)N=C(n3c4ccccc4c4ccc(C5C=Cc6c(c7ccccc7n6-c6cccc7ccccc67)C5)cc43)NC2C=C1. The summed E-state index contributed by atoms with van der Waals surface area (Å²) in [6, 6.07) is 55.2.